The second kappa shape index (κ2) is 11.0. The fourth-order valence-corrected chi connectivity index (χ4v) is 5.81. The molecule has 0 saturated heterocycles. The van der Waals surface area contributed by atoms with E-state index in [4.69, 9.17) is 9.47 Å². The minimum Gasteiger partial charge on any atom is -0.463 e. The summed E-state index contributed by atoms with van der Waals surface area (Å²) in [5.74, 6) is -1.74. The zero-order valence-corrected chi connectivity index (χ0v) is 21.8. The average molecular weight is 536 g/mol. The maximum atomic E-state index is 14.5. The molecule has 0 unspecified atom stereocenters. The first-order valence-electron chi connectivity index (χ1n) is 11.9. The van der Waals surface area contributed by atoms with E-state index in [1.807, 2.05) is 0 Å². The van der Waals surface area contributed by atoms with Crippen molar-refractivity contribution in [1.29, 1.82) is 0 Å². The summed E-state index contributed by atoms with van der Waals surface area (Å²) >= 11 is 0. The maximum Gasteiger partial charge on any atom is 0.338 e. The molecule has 0 amide bonds. The van der Waals surface area contributed by atoms with Gasteiger partial charge in [0.05, 0.1) is 29.2 Å². The van der Waals surface area contributed by atoms with E-state index in [9.17, 15) is 22.4 Å². The largest absolute Gasteiger partial charge is 0.463 e. The van der Waals surface area contributed by atoms with Gasteiger partial charge in [-0.1, -0.05) is 36.9 Å². The van der Waals surface area contributed by atoms with E-state index in [1.54, 1.807) is 56.3 Å². The van der Waals surface area contributed by atoms with Gasteiger partial charge in [0.2, 0.25) is 0 Å². The van der Waals surface area contributed by atoms with Crippen molar-refractivity contribution >= 4 is 32.9 Å². The van der Waals surface area contributed by atoms with E-state index in [0.717, 1.165) is 3.97 Å². The summed E-state index contributed by atoms with van der Waals surface area (Å²) < 4.78 is 53.7. The van der Waals surface area contributed by atoms with Crippen LogP contribution in [0, 0.1) is 5.82 Å². The van der Waals surface area contributed by atoms with Crippen LogP contribution in [0.15, 0.2) is 89.8 Å². The molecular formula is C29H26FNO6S. The Morgan fingerprint density at radius 1 is 0.921 bits per heavy atom. The van der Waals surface area contributed by atoms with Crippen LogP contribution in [0.1, 0.15) is 29.9 Å². The first-order chi connectivity index (χ1) is 18.2. The van der Waals surface area contributed by atoms with Gasteiger partial charge in [0, 0.05) is 28.6 Å². The van der Waals surface area contributed by atoms with Gasteiger partial charge in [-0.15, -0.1) is 0 Å². The summed E-state index contributed by atoms with van der Waals surface area (Å²) in [5, 5.41) is 0.319. The third-order valence-electron chi connectivity index (χ3n) is 5.89. The molecular weight excluding hydrogens is 509 g/mol. The van der Waals surface area contributed by atoms with Crippen molar-refractivity contribution in [1.82, 2.24) is 3.97 Å². The molecule has 4 rings (SSSR count). The van der Waals surface area contributed by atoms with Crippen LogP contribution in [0.2, 0.25) is 0 Å². The molecule has 0 atom stereocenters. The van der Waals surface area contributed by atoms with Crippen molar-refractivity contribution in [3.05, 3.63) is 102 Å². The number of esters is 2. The lowest BCUT2D eigenvalue weighted by Gasteiger charge is -2.14. The number of hydrogen-bond donors (Lipinski definition) is 0. The molecule has 9 heteroatoms. The number of aromatic nitrogens is 1. The predicted molar refractivity (Wildman–Crippen MR) is 142 cm³/mol. The molecule has 4 aromatic rings. The number of carbonyl (C=O) groups is 2. The first-order valence-corrected chi connectivity index (χ1v) is 13.4. The number of hydrogen-bond acceptors (Lipinski definition) is 6. The zero-order valence-electron chi connectivity index (χ0n) is 20.9. The second-order valence-electron chi connectivity index (χ2n) is 8.36. The van der Waals surface area contributed by atoms with Crippen LogP contribution < -0.4 is 0 Å². The summed E-state index contributed by atoms with van der Waals surface area (Å²) in [7, 11) is -4.18. The highest BCUT2D eigenvalue weighted by Gasteiger charge is 2.29. The monoisotopic (exact) mass is 535 g/mol. The normalized spacial score (nSPS) is 11.3. The molecule has 0 aliphatic rings. The van der Waals surface area contributed by atoms with E-state index < -0.39 is 27.8 Å². The number of benzene rings is 3. The summed E-state index contributed by atoms with van der Waals surface area (Å²) in [5.41, 5.74) is 1.67. The quantitative estimate of drug-likeness (QED) is 0.207. The van der Waals surface area contributed by atoms with Crippen molar-refractivity contribution in [3.63, 3.8) is 0 Å². The summed E-state index contributed by atoms with van der Waals surface area (Å²) in [6.07, 6.45) is -0.184. The summed E-state index contributed by atoms with van der Waals surface area (Å²) in [6, 6.07) is 18.0. The molecule has 0 radical (unpaired) electrons. The van der Waals surface area contributed by atoms with Gasteiger partial charge in [-0.3, -0.25) is 0 Å². The van der Waals surface area contributed by atoms with Crippen LogP contribution in [0.3, 0.4) is 0 Å². The van der Waals surface area contributed by atoms with Crippen molar-refractivity contribution in [2.75, 3.05) is 13.2 Å². The lowest BCUT2D eigenvalue weighted by atomic mass is 9.98. The van der Waals surface area contributed by atoms with Crippen molar-refractivity contribution in [2.45, 2.75) is 25.2 Å². The standard InChI is InChI=1S/C29H26FNO6S/c1-4-36-28(32)19(3)17-26-27(20-11-13-21(14-12-20)29(33)37-5-2)24-18-22(30)15-16-25(24)31(26)38(34,35)23-9-7-6-8-10-23/h6-16,18H,3-5,17H2,1-2H3. The Bertz CT molecular complexity index is 1620. The third-order valence-corrected chi connectivity index (χ3v) is 7.66. The molecule has 0 saturated carbocycles. The number of halogens is 1. The topological polar surface area (TPSA) is 91.7 Å². The first kappa shape index (κ1) is 26.8. The molecule has 0 aliphatic heterocycles. The molecule has 0 bridgehead atoms. The summed E-state index contributed by atoms with van der Waals surface area (Å²) in [6.45, 7) is 7.52. The van der Waals surface area contributed by atoms with Crippen molar-refractivity contribution in [2.24, 2.45) is 0 Å². The van der Waals surface area contributed by atoms with Crippen molar-refractivity contribution < 1.29 is 31.9 Å². The fraction of sp³-hybridized carbons (Fsp3) is 0.172. The molecule has 1 aromatic heterocycles. The maximum absolute atomic E-state index is 14.5. The number of nitrogens with zero attached hydrogens (tertiary/aromatic N) is 1. The van der Waals surface area contributed by atoms with Gasteiger partial charge in [0.25, 0.3) is 10.0 Å². The van der Waals surface area contributed by atoms with Gasteiger partial charge >= 0.3 is 11.9 Å². The smallest absolute Gasteiger partial charge is 0.338 e. The van der Waals surface area contributed by atoms with Gasteiger partial charge in [0.1, 0.15) is 5.82 Å². The Labute approximate surface area is 220 Å². The van der Waals surface area contributed by atoms with Crippen LogP contribution in [0.4, 0.5) is 4.39 Å². The van der Waals surface area contributed by atoms with E-state index in [2.05, 4.69) is 6.58 Å². The third kappa shape index (κ3) is 5.10. The highest BCUT2D eigenvalue weighted by molar-refractivity contribution is 7.90. The molecule has 0 spiro atoms. The SMILES string of the molecule is C=C(Cc1c(-c2ccc(C(=O)OCC)cc2)c2cc(F)ccc2n1S(=O)(=O)c1ccccc1)C(=O)OCC. The van der Waals surface area contributed by atoms with Gasteiger partial charge in [-0.25, -0.2) is 26.4 Å². The molecule has 38 heavy (non-hydrogen) atoms. The molecule has 7 nitrogen and oxygen atoms in total. The minimum atomic E-state index is -4.18. The number of carbonyl (C=O) groups excluding carboxylic acids is 2. The highest BCUT2D eigenvalue weighted by Crippen LogP contribution is 2.39. The van der Waals surface area contributed by atoms with Crippen molar-refractivity contribution in [3.8, 4) is 11.1 Å². The van der Waals surface area contributed by atoms with E-state index >= 15 is 0 Å². The lowest BCUT2D eigenvalue weighted by molar-refractivity contribution is -0.138. The van der Waals surface area contributed by atoms with Crippen LogP contribution in [-0.4, -0.2) is 37.5 Å². The van der Waals surface area contributed by atoms with Crippen LogP contribution >= 0.6 is 0 Å². The average Bonchev–Trinajstić information content (AvgIpc) is 3.22. The Kier molecular flexibility index (Phi) is 7.78. The van der Waals surface area contributed by atoms with Gasteiger partial charge in [-0.2, -0.15) is 0 Å². The van der Waals surface area contributed by atoms with Gasteiger partial charge in [-0.05, 0) is 61.9 Å². The van der Waals surface area contributed by atoms with Crippen LogP contribution in [0.25, 0.3) is 22.0 Å². The Morgan fingerprint density at radius 2 is 1.58 bits per heavy atom. The minimum absolute atomic E-state index is 0.0217. The molecule has 196 valence electrons. The Hall–Kier alpha value is -4.24. The second-order valence-corrected chi connectivity index (χ2v) is 10.2. The van der Waals surface area contributed by atoms with E-state index in [0.29, 0.717) is 22.1 Å². The number of rotatable bonds is 9. The van der Waals surface area contributed by atoms with Gasteiger partial charge in [0.15, 0.2) is 0 Å². The van der Waals surface area contributed by atoms with E-state index in [1.165, 1.54) is 30.3 Å². The fourth-order valence-electron chi connectivity index (χ4n) is 4.24. The number of fused-ring (bicyclic) bond motifs is 1. The Morgan fingerprint density at radius 3 is 2.21 bits per heavy atom. The predicted octanol–water partition coefficient (Wildman–Crippen LogP) is 5.52. The van der Waals surface area contributed by atoms with Gasteiger partial charge < -0.3 is 9.47 Å². The summed E-state index contributed by atoms with van der Waals surface area (Å²) in [4.78, 5) is 24.7. The highest BCUT2D eigenvalue weighted by atomic mass is 32.2. The Balaban J connectivity index is 2.02. The number of ether oxygens (including phenoxy) is 2. The molecule has 3 aromatic carbocycles. The van der Waals surface area contributed by atoms with Crippen LogP contribution in [0.5, 0.6) is 0 Å². The van der Waals surface area contributed by atoms with E-state index in [-0.39, 0.29) is 41.3 Å². The molecule has 0 aliphatic carbocycles. The zero-order chi connectivity index (χ0) is 27.4. The molecule has 0 N–H and O–H groups in total. The van der Waals surface area contributed by atoms with Crippen LogP contribution in [-0.2, 0) is 30.7 Å². The lowest BCUT2D eigenvalue weighted by Crippen LogP contribution is -2.18. The molecule has 1 heterocycles. The molecule has 0 fully saturated rings.